The van der Waals surface area contributed by atoms with Crippen molar-refractivity contribution in [3.63, 3.8) is 0 Å². The summed E-state index contributed by atoms with van der Waals surface area (Å²) in [5.74, 6) is -1.74. The molecule has 0 aliphatic carbocycles. The first kappa shape index (κ1) is 18.0. The van der Waals surface area contributed by atoms with Crippen LogP contribution in [0, 0.1) is 0 Å². The van der Waals surface area contributed by atoms with Crippen LogP contribution >= 0.6 is 0 Å². The van der Waals surface area contributed by atoms with Gasteiger partial charge in [-0.2, -0.15) is 0 Å². The average Bonchev–Trinajstić information content (AvgIpc) is 2.43. The molecule has 6 nitrogen and oxygen atoms in total. The van der Waals surface area contributed by atoms with Crippen LogP contribution in [0.5, 0.6) is 0 Å². The molecule has 6 heteroatoms. The maximum Gasteiger partial charge on any atom is 0.303 e. The molecule has 0 atom stereocenters. The zero-order valence-corrected chi connectivity index (χ0v) is 11.7. The molecule has 0 unspecified atom stereocenters. The second-order valence-corrected chi connectivity index (χ2v) is 4.17. The van der Waals surface area contributed by atoms with Crippen LogP contribution in [-0.2, 0) is 16.0 Å². The summed E-state index contributed by atoms with van der Waals surface area (Å²) in [5.41, 5.74) is 1.15. The number of carboxylic acids is 2. The van der Waals surface area contributed by atoms with Crippen molar-refractivity contribution in [2.75, 3.05) is 13.6 Å². The maximum atomic E-state index is 9.90. The van der Waals surface area contributed by atoms with E-state index in [1.165, 1.54) is 0 Å². The molecule has 20 heavy (non-hydrogen) atoms. The van der Waals surface area contributed by atoms with Crippen molar-refractivity contribution in [3.05, 3.63) is 30.1 Å². The minimum absolute atomic E-state index is 0.0628. The molecule has 0 aliphatic heterocycles. The van der Waals surface area contributed by atoms with Crippen molar-refractivity contribution in [1.29, 1.82) is 0 Å². The van der Waals surface area contributed by atoms with Gasteiger partial charge in [-0.05, 0) is 32.0 Å². The van der Waals surface area contributed by atoms with Gasteiger partial charge in [0.15, 0.2) is 0 Å². The lowest BCUT2D eigenvalue weighted by Crippen LogP contribution is -2.10. The summed E-state index contributed by atoms with van der Waals surface area (Å²) in [7, 11) is 1.95. The highest BCUT2D eigenvalue weighted by Gasteiger charge is 1.99. The van der Waals surface area contributed by atoms with Crippen LogP contribution < -0.4 is 5.32 Å². The summed E-state index contributed by atoms with van der Waals surface area (Å²) in [6, 6.07) is 5.98. The van der Waals surface area contributed by atoms with E-state index in [2.05, 4.69) is 10.3 Å². The highest BCUT2D eigenvalue weighted by molar-refractivity contribution is 5.67. The van der Waals surface area contributed by atoms with Crippen LogP contribution in [-0.4, -0.2) is 40.7 Å². The number of aromatic nitrogens is 1. The number of pyridine rings is 1. The van der Waals surface area contributed by atoms with Gasteiger partial charge in [0.1, 0.15) is 0 Å². The largest absolute Gasteiger partial charge is 0.481 e. The van der Waals surface area contributed by atoms with E-state index in [4.69, 9.17) is 10.2 Å². The smallest absolute Gasteiger partial charge is 0.303 e. The predicted molar refractivity (Wildman–Crippen MR) is 75.6 cm³/mol. The second kappa shape index (κ2) is 12.1. The van der Waals surface area contributed by atoms with Crippen LogP contribution in [0.4, 0.5) is 0 Å². The molecule has 0 spiro atoms. The van der Waals surface area contributed by atoms with E-state index in [0.29, 0.717) is 12.8 Å². The number of nitrogens with one attached hydrogen (secondary N) is 1. The lowest BCUT2D eigenvalue weighted by molar-refractivity contribution is -0.139. The van der Waals surface area contributed by atoms with E-state index < -0.39 is 11.9 Å². The minimum Gasteiger partial charge on any atom is -0.481 e. The minimum atomic E-state index is -0.870. The van der Waals surface area contributed by atoms with Gasteiger partial charge in [0, 0.05) is 37.7 Å². The topological polar surface area (TPSA) is 99.5 Å². The third kappa shape index (κ3) is 12.5. The second-order valence-electron chi connectivity index (χ2n) is 4.17. The molecule has 1 heterocycles. The fourth-order valence-electron chi connectivity index (χ4n) is 1.35. The number of carboxylic acid groups (broad SMARTS) is 2. The fourth-order valence-corrected chi connectivity index (χ4v) is 1.35. The predicted octanol–water partition coefficient (Wildman–Crippen LogP) is 1.56. The number of rotatable bonds is 8. The Labute approximate surface area is 118 Å². The monoisotopic (exact) mass is 282 g/mol. The molecular weight excluding hydrogens is 260 g/mol. The molecule has 112 valence electrons. The van der Waals surface area contributed by atoms with Crippen molar-refractivity contribution in [2.45, 2.75) is 32.1 Å². The molecule has 0 aliphatic rings. The molecule has 0 radical (unpaired) electrons. The van der Waals surface area contributed by atoms with Gasteiger partial charge < -0.3 is 15.5 Å². The first-order valence-corrected chi connectivity index (χ1v) is 6.54. The van der Waals surface area contributed by atoms with Gasteiger partial charge in [-0.3, -0.25) is 14.6 Å². The lowest BCUT2D eigenvalue weighted by Gasteiger charge is -1.96. The molecule has 0 saturated carbocycles. The van der Waals surface area contributed by atoms with Gasteiger partial charge in [-0.1, -0.05) is 6.07 Å². The van der Waals surface area contributed by atoms with Crippen LogP contribution in [0.15, 0.2) is 24.4 Å². The van der Waals surface area contributed by atoms with E-state index in [0.717, 1.165) is 18.7 Å². The van der Waals surface area contributed by atoms with E-state index in [1.54, 1.807) is 0 Å². The van der Waals surface area contributed by atoms with Crippen molar-refractivity contribution in [1.82, 2.24) is 10.3 Å². The highest BCUT2D eigenvalue weighted by Crippen LogP contribution is 1.98. The first-order chi connectivity index (χ1) is 9.56. The van der Waals surface area contributed by atoms with Crippen molar-refractivity contribution < 1.29 is 19.8 Å². The Morgan fingerprint density at radius 2 is 1.75 bits per heavy atom. The summed E-state index contributed by atoms with van der Waals surface area (Å²) >= 11 is 0. The zero-order valence-electron chi connectivity index (χ0n) is 11.7. The summed E-state index contributed by atoms with van der Waals surface area (Å²) in [6.45, 7) is 0.997. The molecule has 0 saturated heterocycles. The summed E-state index contributed by atoms with van der Waals surface area (Å²) in [5, 5.41) is 19.3. The molecule has 1 rings (SSSR count). The Morgan fingerprint density at radius 1 is 1.15 bits per heavy atom. The van der Waals surface area contributed by atoms with Crippen LogP contribution in [0.2, 0.25) is 0 Å². The van der Waals surface area contributed by atoms with Crippen LogP contribution in [0.3, 0.4) is 0 Å². The summed E-state index contributed by atoms with van der Waals surface area (Å²) < 4.78 is 0. The number of unbranched alkanes of at least 4 members (excludes halogenated alkanes) is 1. The number of hydrogen-bond donors (Lipinski definition) is 3. The first-order valence-electron chi connectivity index (χ1n) is 6.54. The number of likely N-dealkylation sites (N-methyl/N-ethyl adjacent to an activating group) is 1. The van der Waals surface area contributed by atoms with Gasteiger partial charge in [-0.25, -0.2) is 0 Å². The third-order valence-corrected chi connectivity index (χ3v) is 2.39. The Morgan fingerprint density at radius 3 is 2.15 bits per heavy atom. The van der Waals surface area contributed by atoms with E-state index in [9.17, 15) is 9.59 Å². The van der Waals surface area contributed by atoms with Crippen molar-refractivity contribution in [3.8, 4) is 0 Å². The highest BCUT2D eigenvalue weighted by atomic mass is 16.4. The van der Waals surface area contributed by atoms with Gasteiger partial charge in [0.2, 0.25) is 0 Å². The van der Waals surface area contributed by atoms with Gasteiger partial charge in [0.05, 0.1) is 0 Å². The zero-order chi connectivity index (χ0) is 15.2. The standard InChI is InChI=1S/C8H12N2.C6H10O4/c1-9-7-5-8-4-2-3-6-10-8;7-5(8)3-1-2-4-6(9)10/h2-4,6,9H,5,7H2,1H3;1-4H2,(H,7,8)(H,9,10). The Bertz CT molecular complexity index is 366. The Kier molecular flexibility index (Phi) is 10.9. The number of hydrogen-bond acceptors (Lipinski definition) is 4. The Balaban J connectivity index is 0.000000361. The Hall–Kier alpha value is -1.95. The van der Waals surface area contributed by atoms with Crippen LogP contribution in [0.1, 0.15) is 31.4 Å². The lowest BCUT2D eigenvalue weighted by atomic mass is 10.2. The average molecular weight is 282 g/mol. The van der Waals surface area contributed by atoms with E-state index in [-0.39, 0.29) is 12.8 Å². The summed E-state index contributed by atoms with van der Waals surface area (Å²) in [4.78, 5) is 24.0. The van der Waals surface area contributed by atoms with Gasteiger partial charge >= 0.3 is 11.9 Å². The third-order valence-electron chi connectivity index (χ3n) is 2.39. The molecule has 3 N–H and O–H groups in total. The molecule has 1 aromatic rings. The van der Waals surface area contributed by atoms with E-state index in [1.807, 2.05) is 31.4 Å². The van der Waals surface area contributed by atoms with E-state index >= 15 is 0 Å². The molecule has 0 bridgehead atoms. The summed E-state index contributed by atoms with van der Waals surface area (Å²) in [6.07, 6.45) is 3.85. The fraction of sp³-hybridized carbons (Fsp3) is 0.500. The van der Waals surface area contributed by atoms with Crippen molar-refractivity contribution >= 4 is 11.9 Å². The number of aliphatic carboxylic acids is 2. The SMILES string of the molecule is CNCCc1ccccn1.O=C(O)CCCCC(=O)O. The van der Waals surface area contributed by atoms with Gasteiger partial charge in [0.25, 0.3) is 0 Å². The van der Waals surface area contributed by atoms with Crippen LogP contribution in [0.25, 0.3) is 0 Å². The quantitative estimate of drug-likeness (QED) is 0.626. The molecule has 0 amide bonds. The molecular formula is C14H22N2O4. The number of carbonyl (C=O) groups is 2. The van der Waals surface area contributed by atoms with Gasteiger partial charge in [-0.15, -0.1) is 0 Å². The molecule has 0 aromatic carbocycles. The van der Waals surface area contributed by atoms with Crippen molar-refractivity contribution in [2.24, 2.45) is 0 Å². The molecule has 1 aromatic heterocycles. The number of nitrogens with zero attached hydrogens (tertiary/aromatic N) is 1. The normalized spacial score (nSPS) is 9.45. The molecule has 0 fully saturated rings. The maximum absolute atomic E-state index is 9.90.